The first-order valence-corrected chi connectivity index (χ1v) is 7.41. The van der Waals surface area contributed by atoms with Crippen LogP contribution in [0.15, 0.2) is 23.3 Å². The number of rotatable bonds is 5. The summed E-state index contributed by atoms with van der Waals surface area (Å²) in [4.78, 5) is 15.6. The molecule has 1 unspecified atom stereocenters. The fraction of sp³-hybridized carbons (Fsp3) is 0.312. The average molecular weight is 370 g/mol. The summed E-state index contributed by atoms with van der Waals surface area (Å²) < 4.78 is 0. The van der Waals surface area contributed by atoms with Crippen molar-refractivity contribution in [2.45, 2.75) is 20.3 Å². The van der Waals surface area contributed by atoms with Crippen LogP contribution in [0.3, 0.4) is 0 Å². The highest BCUT2D eigenvalue weighted by Gasteiger charge is 2.15. The van der Waals surface area contributed by atoms with E-state index >= 15 is 0 Å². The van der Waals surface area contributed by atoms with E-state index in [0.717, 1.165) is 24.1 Å². The fourth-order valence-corrected chi connectivity index (χ4v) is 2.17. The van der Waals surface area contributed by atoms with Gasteiger partial charge in [-0.05, 0) is 24.1 Å². The molecule has 0 amide bonds. The van der Waals surface area contributed by atoms with E-state index < -0.39 is 0 Å². The minimum absolute atomic E-state index is 0. The van der Waals surface area contributed by atoms with Gasteiger partial charge in [-0.25, -0.2) is 9.98 Å². The molecule has 0 saturated carbocycles. The third-order valence-electron chi connectivity index (χ3n) is 3.75. The number of nitrogens with zero attached hydrogens (tertiary/aromatic N) is 3. The third-order valence-corrected chi connectivity index (χ3v) is 3.75. The molecule has 0 spiro atoms. The number of hydrogen-bond donors (Lipinski definition) is 3. The van der Waals surface area contributed by atoms with E-state index in [-0.39, 0.29) is 30.7 Å². The van der Waals surface area contributed by atoms with Gasteiger partial charge in [0, 0.05) is 30.1 Å². The number of halogens is 2. The SMILES string of the molecule is CCC(C)CNc1nc(O)c(/C=C2\C=Nc3ncccc32)[nH]1.Cl.Cl. The van der Waals surface area contributed by atoms with Crippen molar-refractivity contribution in [1.29, 1.82) is 0 Å². The van der Waals surface area contributed by atoms with Crippen LogP contribution in [-0.4, -0.2) is 32.8 Å². The number of aromatic nitrogens is 3. The van der Waals surface area contributed by atoms with E-state index in [1.165, 1.54) is 0 Å². The van der Waals surface area contributed by atoms with E-state index in [1.807, 2.05) is 18.2 Å². The molecular weight excluding hydrogens is 349 g/mol. The molecule has 2 aromatic rings. The monoisotopic (exact) mass is 369 g/mol. The molecule has 3 N–H and O–H groups in total. The summed E-state index contributed by atoms with van der Waals surface area (Å²) in [5.41, 5.74) is 2.41. The van der Waals surface area contributed by atoms with Gasteiger partial charge in [-0.1, -0.05) is 20.3 Å². The van der Waals surface area contributed by atoms with Crippen LogP contribution in [-0.2, 0) is 0 Å². The molecule has 0 fully saturated rings. The number of aromatic hydroxyl groups is 1. The highest BCUT2D eigenvalue weighted by molar-refractivity contribution is 6.20. The van der Waals surface area contributed by atoms with Crippen molar-refractivity contribution in [3.63, 3.8) is 0 Å². The predicted molar refractivity (Wildman–Crippen MR) is 103 cm³/mol. The molecule has 6 nitrogen and oxygen atoms in total. The van der Waals surface area contributed by atoms with Crippen LogP contribution in [0.5, 0.6) is 5.88 Å². The molecule has 0 saturated heterocycles. The summed E-state index contributed by atoms with van der Waals surface area (Å²) >= 11 is 0. The lowest BCUT2D eigenvalue weighted by Gasteiger charge is -2.08. The van der Waals surface area contributed by atoms with Crippen molar-refractivity contribution in [2.24, 2.45) is 10.9 Å². The molecule has 1 aliphatic heterocycles. The van der Waals surface area contributed by atoms with Gasteiger partial charge in [0.15, 0.2) is 5.82 Å². The molecule has 0 radical (unpaired) electrons. The lowest BCUT2D eigenvalue weighted by atomic mass is 10.1. The average Bonchev–Trinajstić information content (AvgIpc) is 3.10. The number of hydrogen-bond acceptors (Lipinski definition) is 5. The Bertz CT molecular complexity index is 742. The van der Waals surface area contributed by atoms with Gasteiger partial charge in [-0.3, -0.25) is 0 Å². The number of H-pyrrole nitrogens is 1. The maximum absolute atomic E-state index is 9.98. The van der Waals surface area contributed by atoms with Gasteiger partial charge >= 0.3 is 0 Å². The summed E-state index contributed by atoms with van der Waals surface area (Å²) in [5, 5.41) is 13.2. The van der Waals surface area contributed by atoms with Gasteiger partial charge in [0.25, 0.3) is 0 Å². The number of allylic oxidation sites excluding steroid dienone is 1. The van der Waals surface area contributed by atoms with E-state index in [4.69, 9.17) is 0 Å². The normalized spacial score (nSPS) is 14.7. The number of anilines is 1. The van der Waals surface area contributed by atoms with Crippen LogP contribution >= 0.6 is 24.8 Å². The Kier molecular flexibility index (Phi) is 7.25. The molecule has 130 valence electrons. The topological polar surface area (TPSA) is 86.2 Å². The third kappa shape index (κ3) is 4.27. The Morgan fingerprint density at radius 2 is 2.17 bits per heavy atom. The molecule has 24 heavy (non-hydrogen) atoms. The Morgan fingerprint density at radius 3 is 2.92 bits per heavy atom. The standard InChI is InChI=1S/C16H19N5O.2ClH/c1-3-10(2)8-19-16-20-13(15(22)21-16)7-11-9-18-14-12(11)5-4-6-17-14;;/h4-7,9-10,22H,3,8H2,1-2H3,(H2,19,20,21);2*1H/b11-7+;;. The van der Waals surface area contributed by atoms with Gasteiger partial charge in [-0.15, -0.1) is 24.8 Å². The molecule has 0 aliphatic carbocycles. The summed E-state index contributed by atoms with van der Waals surface area (Å²) in [6, 6.07) is 3.82. The summed E-state index contributed by atoms with van der Waals surface area (Å²) in [5.74, 6) is 1.80. The lowest BCUT2D eigenvalue weighted by Crippen LogP contribution is -2.11. The van der Waals surface area contributed by atoms with Crippen LogP contribution in [0.2, 0.25) is 0 Å². The van der Waals surface area contributed by atoms with Crippen molar-refractivity contribution in [1.82, 2.24) is 15.0 Å². The van der Waals surface area contributed by atoms with Crippen LogP contribution in [0, 0.1) is 5.92 Å². The first-order chi connectivity index (χ1) is 10.7. The first kappa shape index (κ1) is 20.0. The van der Waals surface area contributed by atoms with Crippen molar-refractivity contribution >= 4 is 54.4 Å². The highest BCUT2D eigenvalue weighted by atomic mass is 35.5. The summed E-state index contributed by atoms with van der Waals surface area (Å²) in [6.45, 7) is 5.12. The number of nitrogens with one attached hydrogen (secondary N) is 2. The number of pyridine rings is 1. The first-order valence-electron chi connectivity index (χ1n) is 7.41. The highest BCUT2D eigenvalue weighted by Crippen LogP contribution is 2.31. The van der Waals surface area contributed by atoms with E-state index in [0.29, 0.717) is 23.4 Å². The Labute approximate surface area is 153 Å². The predicted octanol–water partition coefficient (Wildman–Crippen LogP) is 4.07. The minimum Gasteiger partial charge on any atom is -0.492 e. The Morgan fingerprint density at radius 1 is 1.38 bits per heavy atom. The van der Waals surface area contributed by atoms with Gasteiger partial charge in [0.1, 0.15) is 5.69 Å². The second-order valence-electron chi connectivity index (χ2n) is 5.45. The molecule has 3 rings (SSSR count). The summed E-state index contributed by atoms with van der Waals surface area (Å²) in [6.07, 6.45) is 6.37. The van der Waals surface area contributed by atoms with Gasteiger partial charge in [0.2, 0.25) is 11.8 Å². The largest absolute Gasteiger partial charge is 0.492 e. The van der Waals surface area contributed by atoms with Gasteiger partial charge in [-0.2, -0.15) is 4.98 Å². The van der Waals surface area contributed by atoms with E-state index in [9.17, 15) is 5.11 Å². The zero-order chi connectivity index (χ0) is 15.5. The maximum Gasteiger partial charge on any atom is 0.238 e. The molecule has 1 atom stereocenters. The molecule has 3 heterocycles. The molecule has 2 aromatic heterocycles. The fourth-order valence-electron chi connectivity index (χ4n) is 2.17. The molecular formula is C16H21Cl2N5O. The lowest BCUT2D eigenvalue weighted by molar-refractivity contribution is 0.455. The quantitative estimate of drug-likeness (QED) is 0.741. The van der Waals surface area contributed by atoms with Crippen molar-refractivity contribution < 1.29 is 5.11 Å². The molecule has 1 aliphatic rings. The van der Waals surface area contributed by atoms with Crippen molar-refractivity contribution in [3.8, 4) is 5.88 Å². The maximum atomic E-state index is 9.98. The zero-order valence-electron chi connectivity index (χ0n) is 13.5. The number of aromatic amines is 1. The van der Waals surface area contributed by atoms with Crippen LogP contribution in [0.25, 0.3) is 11.6 Å². The number of aliphatic imine (C=N–C) groups is 1. The Hall–Kier alpha value is -2.05. The number of imidazole rings is 1. The van der Waals surface area contributed by atoms with Crippen LogP contribution < -0.4 is 5.32 Å². The van der Waals surface area contributed by atoms with Crippen molar-refractivity contribution in [2.75, 3.05) is 11.9 Å². The van der Waals surface area contributed by atoms with Gasteiger partial charge < -0.3 is 15.4 Å². The number of fused-ring (bicyclic) bond motifs is 1. The van der Waals surface area contributed by atoms with E-state index in [2.05, 4.69) is 39.1 Å². The second kappa shape index (κ2) is 8.70. The van der Waals surface area contributed by atoms with Crippen LogP contribution in [0.1, 0.15) is 31.5 Å². The smallest absolute Gasteiger partial charge is 0.238 e. The summed E-state index contributed by atoms with van der Waals surface area (Å²) in [7, 11) is 0. The Balaban J connectivity index is 0.00000144. The second-order valence-corrected chi connectivity index (χ2v) is 5.45. The van der Waals surface area contributed by atoms with Crippen LogP contribution in [0.4, 0.5) is 11.8 Å². The molecule has 8 heteroatoms. The molecule has 0 bridgehead atoms. The van der Waals surface area contributed by atoms with Gasteiger partial charge in [0.05, 0.1) is 0 Å². The van der Waals surface area contributed by atoms with E-state index in [1.54, 1.807) is 12.4 Å². The minimum atomic E-state index is -0.0232. The van der Waals surface area contributed by atoms with Crippen molar-refractivity contribution in [3.05, 3.63) is 29.6 Å². The zero-order valence-corrected chi connectivity index (χ0v) is 15.1. The molecule has 0 aromatic carbocycles.